The zero-order chi connectivity index (χ0) is 17.9. The normalized spacial score (nSPS) is 11.9. The summed E-state index contributed by atoms with van der Waals surface area (Å²) >= 11 is 0. The number of aromatic nitrogens is 2. The molecule has 0 unspecified atom stereocenters. The summed E-state index contributed by atoms with van der Waals surface area (Å²) in [7, 11) is 0. The summed E-state index contributed by atoms with van der Waals surface area (Å²) in [4.78, 5) is 20.4. The number of ether oxygens (including phenoxy) is 2. The van der Waals surface area contributed by atoms with Crippen LogP contribution >= 0.6 is 0 Å². The van der Waals surface area contributed by atoms with Crippen molar-refractivity contribution in [3.05, 3.63) is 66.2 Å². The number of fused-ring (bicyclic) bond motifs is 1. The number of amides is 1. The molecule has 7 nitrogen and oxygen atoms in total. The standard InChI is InChI=1S/C18H13FN4O3/c19-13-3-1-2-4-14(13)23-18-20-8-11(9-21-18)17(24)22-12-5-6-15-16(7-12)26-10-25-15/h1-9H,10H2,(H,22,24)(H,20,21,23). The van der Waals surface area contributed by atoms with Gasteiger partial charge in [-0.05, 0) is 24.3 Å². The smallest absolute Gasteiger partial charge is 0.258 e. The Hall–Kier alpha value is -3.68. The van der Waals surface area contributed by atoms with E-state index in [1.165, 1.54) is 18.5 Å². The summed E-state index contributed by atoms with van der Waals surface area (Å²) < 4.78 is 24.1. The Balaban J connectivity index is 1.44. The van der Waals surface area contributed by atoms with Gasteiger partial charge in [0.1, 0.15) is 5.82 Å². The molecule has 26 heavy (non-hydrogen) atoms. The monoisotopic (exact) mass is 352 g/mol. The lowest BCUT2D eigenvalue weighted by Crippen LogP contribution is -2.13. The molecule has 0 saturated carbocycles. The minimum Gasteiger partial charge on any atom is -0.454 e. The third kappa shape index (κ3) is 3.25. The number of rotatable bonds is 4. The molecule has 2 heterocycles. The van der Waals surface area contributed by atoms with Crippen LogP contribution in [-0.2, 0) is 0 Å². The van der Waals surface area contributed by atoms with Crippen LogP contribution in [0.3, 0.4) is 0 Å². The van der Waals surface area contributed by atoms with Gasteiger partial charge in [-0.25, -0.2) is 14.4 Å². The summed E-state index contributed by atoms with van der Waals surface area (Å²) in [5, 5.41) is 5.49. The van der Waals surface area contributed by atoms with Crippen LogP contribution in [0, 0.1) is 5.82 Å². The van der Waals surface area contributed by atoms with Gasteiger partial charge in [0.05, 0.1) is 11.3 Å². The highest BCUT2D eigenvalue weighted by molar-refractivity contribution is 6.04. The molecule has 1 aromatic heterocycles. The third-order valence-electron chi connectivity index (χ3n) is 3.66. The second kappa shape index (κ2) is 6.67. The van der Waals surface area contributed by atoms with Crippen LogP contribution < -0.4 is 20.1 Å². The summed E-state index contributed by atoms with van der Waals surface area (Å²) in [6, 6.07) is 11.3. The maximum absolute atomic E-state index is 13.6. The van der Waals surface area contributed by atoms with Gasteiger partial charge in [0.25, 0.3) is 5.91 Å². The lowest BCUT2D eigenvalue weighted by atomic mass is 10.2. The third-order valence-corrected chi connectivity index (χ3v) is 3.66. The summed E-state index contributed by atoms with van der Waals surface area (Å²) in [5.74, 6) is 0.607. The molecule has 2 N–H and O–H groups in total. The molecule has 130 valence electrons. The molecule has 0 radical (unpaired) electrons. The van der Waals surface area contributed by atoms with E-state index in [9.17, 15) is 9.18 Å². The molecule has 4 rings (SSSR count). The predicted molar refractivity (Wildman–Crippen MR) is 92.2 cm³/mol. The van der Waals surface area contributed by atoms with E-state index in [1.807, 2.05) is 0 Å². The molecule has 0 saturated heterocycles. The van der Waals surface area contributed by atoms with Crippen LogP contribution in [-0.4, -0.2) is 22.7 Å². The van der Waals surface area contributed by atoms with Gasteiger partial charge < -0.3 is 20.1 Å². The second-order valence-corrected chi connectivity index (χ2v) is 5.42. The number of benzene rings is 2. The second-order valence-electron chi connectivity index (χ2n) is 5.42. The van der Waals surface area contributed by atoms with Gasteiger partial charge in [0.2, 0.25) is 12.7 Å². The highest BCUT2D eigenvalue weighted by atomic mass is 19.1. The van der Waals surface area contributed by atoms with Gasteiger partial charge in [0.15, 0.2) is 11.5 Å². The van der Waals surface area contributed by atoms with Crippen molar-refractivity contribution in [1.29, 1.82) is 0 Å². The van der Waals surface area contributed by atoms with Crippen molar-refractivity contribution in [2.75, 3.05) is 17.4 Å². The average molecular weight is 352 g/mol. The van der Waals surface area contributed by atoms with Gasteiger partial charge in [0, 0.05) is 24.1 Å². The van der Waals surface area contributed by atoms with Crippen LogP contribution in [0.4, 0.5) is 21.7 Å². The van der Waals surface area contributed by atoms with E-state index in [1.54, 1.807) is 36.4 Å². The fourth-order valence-electron chi connectivity index (χ4n) is 2.37. The van der Waals surface area contributed by atoms with Crippen molar-refractivity contribution in [3.63, 3.8) is 0 Å². The van der Waals surface area contributed by atoms with E-state index in [0.29, 0.717) is 17.2 Å². The first kappa shape index (κ1) is 15.8. The van der Waals surface area contributed by atoms with E-state index in [2.05, 4.69) is 20.6 Å². The summed E-state index contributed by atoms with van der Waals surface area (Å²) in [6.45, 7) is 0.164. The number of anilines is 3. The fourth-order valence-corrected chi connectivity index (χ4v) is 2.37. The number of halogens is 1. The average Bonchev–Trinajstić information content (AvgIpc) is 3.12. The van der Waals surface area contributed by atoms with Crippen molar-refractivity contribution in [2.24, 2.45) is 0 Å². The summed E-state index contributed by atoms with van der Waals surface area (Å²) in [6.07, 6.45) is 2.72. The van der Waals surface area contributed by atoms with Gasteiger partial charge in [-0.1, -0.05) is 12.1 Å². The van der Waals surface area contributed by atoms with Crippen LogP contribution in [0.1, 0.15) is 10.4 Å². The van der Waals surface area contributed by atoms with Crippen LogP contribution in [0.5, 0.6) is 11.5 Å². The molecule has 3 aromatic rings. The number of carbonyl (C=O) groups is 1. The number of carbonyl (C=O) groups excluding carboxylic acids is 1. The Morgan fingerprint density at radius 1 is 1.04 bits per heavy atom. The molecule has 0 aliphatic carbocycles. The van der Waals surface area contributed by atoms with E-state index in [0.717, 1.165) is 0 Å². The van der Waals surface area contributed by atoms with Crippen LogP contribution in [0.15, 0.2) is 54.9 Å². The van der Waals surface area contributed by atoms with Crippen LogP contribution in [0.2, 0.25) is 0 Å². The molecule has 1 aliphatic rings. The van der Waals surface area contributed by atoms with Gasteiger partial charge in [-0.3, -0.25) is 4.79 Å². The Morgan fingerprint density at radius 2 is 1.81 bits per heavy atom. The van der Waals surface area contributed by atoms with Crippen molar-refractivity contribution in [1.82, 2.24) is 9.97 Å². The number of nitrogens with zero attached hydrogens (tertiary/aromatic N) is 2. The zero-order valence-electron chi connectivity index (χ0n) is 13.4. The van der Waals surface area contributed by atoms with Gasteiger partial charge in [-0.2, -0.15) is 0 Å². The molecule has 1 aliphatic heterocycles. The number of hydrogen-bond acceptors (Lipinski definition) is 6. The maximum atomic E-state index is 13.6. The van der Waals surface area contributed by atoms with E-state index >= 15 is 0 Å². The fraction of sp³-hybridized carbons (Fsp3) is 0.0556. The van der Waals surface area contributed by atoms with Crippen molar-refractivity contribution >= 4 is 23.2 Å². The highest BCUT2D eigenvalue weighted by Gasteiger charge is 2.15. The molecular formula is C18H13FN4O3. The largest absolute Gasteiger partial charge is 0.454 e. The zero-order valence-corrected chi connectivity index (χ0v) is 13.4. The Morgan fingerprint density at radius 3 is 2.62 bits per heavy atom. The molecule has 0 fully saturated rings. The minimum atomic E-state index is -0.416. The van der Waals surface area contributed by atoms with Crippen molar-refractivity contribution in [2.45, 2.75) is 0 Å². The van der Waals surface area contributed by atoms with Crippen molar-refractivity contribution < 1.29 is 18.7 Å². The molecule has 8 heteroatoms. The molecule has 1 amide bonds. The highest BCUT2D eigenvalue weighted by Crippen LogP contribution is 2.34. The Kier molecular flexibility index (Phi) is 4.06. The maximum Gasteiger partial charge on any atom is 0.258 e. The van der Waals surface area contributed by atoms with Gasteiger partial charge in [-0.15, -0.1) is 0 Å². The van der Waals surface area contributed by atoms with E-state index in [-0.39, 0.29) is 29.9 Å². The van der Waals surface area contributed by atoms with E-state index < -0.39 is 5.82 Å². The first-order chi connectivity index (χ1) is 12.7. The molecule has 0 atom stereocenters. The lowest BCUT2D eigenvalue weighted by Gasteiger charge is -2.08. The lowest BCUT2D eigenvalue weighted by molar-refractivity contribution is 0.102. The SMILES string of the molecule is O=C(Nc1ccc2c(c1)OCO2)c1cnc(Nc2ccccc2F)nc1. The van der Waals surface area contributed by atoms with Crippen LogP contribution in [0.25, 0.3) is 0 Å². The Bertz CT molecular complexity index is 963. The molecular weight excluding hydrogens is 339 g/mol. The first-order valence-electron chi connectivity index (χ1n) is 7.74. The topological polar surface area (TPSA) is 85.4 Å². The molecule has 0 bridgehead atoms. The first-order valence-corrected chi connectivity index (χ1v) is 7.74. The van der Waals surface area contributed by atoms with Crippen molar-refractivity contribution in [3.8, 4) is 11.5 Å². The molecule has 0 spiro atoms. The molecule has 2 aromatic carbocycles. The number of para-hydroxylation sites is 1. The summed E-state index contributed by atoms with van der Waals surface area (Å²) in [5.41, 5.74) is 1.08. The minimum absolute atomic E-state index is 0.164. The van der Waals surface area contributed by atoms with Gasteiger partial charge >= 0.3 is 0 Å². The Labute approximate surface area is 147 Å². The van der Waals surface area contributed by atoms with E-state index in [4.69, 9.17) is 9.47 Å². The number of nitrogens with one attached hydrogen (secondary N) is 2. The quantitative estimate of drug-likeness (QED) is 0.749. The number of hydrogen-bond donors (Lipinski definition) is 2. The predicted octanol–water partition coefficient (Wildman–Crippen LogP) is 3.34.